The third-order valence-corrected chi connectivity index (χ3v) is 5.67. The van der Waals surface area contributed by atoms with Gasteiger partial charge in [-0.3, -0.25) is 4.79 Å². The minimum absolute atomic E-state index is 0.0238. The molecule has 0 radical (unpaired) electrons. The van der Waals surface area contributed by atoms with Crippen molar-refractivity contribution < 1.29 is 9.90 Å². The zero-order valence-corrected chi connectivity index (χ0v) is 15.1. The molecule has 3 heterocycles. The summed E-state index contributed by atoms with van der Waals surface area (Å²) in [7, 11) is 0. The van der Waals surface area contributed by atoms with E-state index in [1.54, 1.807) is 6.20 Å². The number of aliphatic hydroxyl groups excluding tert-OH is 1. The van der Waals surface area contributed by atoms with Crippen LogP contribution in [0.3, 0.4) is 0 Å². The first-order valence-corrected chi connectivity index (χ1v) is 9.43. The lowest BCUT2D eigenvalue weighted by molar-refractivity contribution is 0.0987. The molecule has 2 aliphatic heterocycles. The first kappa shape index (κ1) is 17.0. The molecule has 26 heavy (non-hydrogen) atoms. The molecular weight excluding hydrogens is 326 g/mol. The molecule has 0 aliphatic carbocycles. The number of anilines is 2. The second-order valence-electron chi connectivity index (χ2n) is 7.28. The van der Waals surface area contributed by atoms with Gasteiger partial charge in [-0.15, -0.1) is 0 Å². The molecular formula is C21H25N3O2. The molecule has 5 heteroatoms. The number of hydrogen-bond acceptors (Lipinski definition) is 4. The van der Waals surface area contributed by atoms with Crippen molar-refractivity contribution in [3.05, 3.63) is 53.7 Å². The zero-order valence-electron chi connectivity index (χ0n) is 15.1. The molecule has 0 spiro atoms. The van der Waals surface area contributed by atoms with Crippen molar-refractivity contribution in [2.75, 3.05) is 29.4 Å². The van der Waals surface area contributed by atoms with Crippen molar-refractivity contribution in [2.45, 2.75) is 32.3 Å². The van der Waals surface area contributed by atoms with Gasteiger partial charge in [-0.05, 0) is 55.9 Å². The number of pyridine rings is 1. The van der Waals surface area contributed by atoms with Gasteiger partial charge in [0.25, 0.3) is 5.91 Å². The van der Waals surface area contributed by atoms with Crippen LogP contribution in [0.15, 0.2) is 42.6 Å². The molecule has 1 unspecified atom stereocenters. The Labute approximate surface area is 154 Å². The van der Waals surface area contributed by atoms with Crippen molar-refractivity contribution in [3.63, 3.8) is 0 Å². The Morgan fingerprint density at radius 2 is 1.92 bits per heavy atom. The number of fused-ring (bicyclic) bond motifs is 1. The number of aromatic nitrogens is 1. The van der Waals surface area contributed by atoms with Gasteiger partial charge < -0.3 is 14.9 Å². The fourth-order valence-electron chi connectivity index (χ4n) is 4.10. The first-order chi connectivity index (χ1) is 12.6. The van der Waals surface area contributed by atoms with Crippen molar-refractivity contribution in [1.29, 1.82) is 0 Å². The smallest absolute Gasteiger partial charge is 0.262 e. The normalized spacial score (nSPS) is 18.7. The summed E-state index contributed by atoms with van der Waals surface area (Å²) in [4.78, 5) is 21.9. The first-order valence-electron chi connectivity index (χ1n) is 9.43. The van der Waals surface area contributed by atoms with Crippen LogP contribution in [-0.2, 0) is 6.42 Å². The molecule has 136 valence electrons. The van der Waals surface area contributed by atoms with Gasteiger partial charge >= 0.3 is 0 Å². The average Bonchev–Trinajstić information content (AvgIpc) is 3.11. The predicted octanol–water partition coefficient (Wildman–Crippen LogP) is 2.88. The molecule has 2 aliphatic rings. The van der Waals surface area contributed by atoms with E-state index in [1.807, 2.05) is 42.2 Å². The molecule has 1 amide bonds. The van der Waals surface area contributed by atoms with Crippen LogP contribution in [-0.4, -0.2) is 41.7 Å². The van der Waals surface area contributed by atoms with Crippen LogP contribution in [0.4, 0.5) is 11.5 Å². The molecule has 1 aromatic carbocycles. The number of benzene rings is 1. The molecule has 4 rings (SSSR count). The summed E-state index contributed by atoms with van der Waals surface area (Å²) in [6, 6.07) is 11.8. The highest BCUT2D eigenvalue weighted by Gasteiger charge is 2.30. The second-order valence-corrected chi connectivity index (χ2v) is 7.28. The lowest BCUT2D eigenvalue weighted by Crippen LogP contribution is -2.39. The standard InChI is InChI=1S/C21H25N3O2/c1-15(25)16-8-12-23(13-9-16)20-18(6-4-11-22-20)21(26)24-14-10-17-5-2-3-7-19(17)24/h2-7,11,15-16,25H,8-10,12-14H2,1H3. The molecule has 1 fully saturated rings. The molecule has 5 nitrogen and oxygen atoms in total. The summed E-state index contributed by atoms with van der Waals surface area (Å²) in [5.41, 5.74) is 2.91. The Kier molecular flexibility index (Phi) is 4.64. The van der Waals surface area contributed by atoms with Gasteiger partial charge in [-0.1, -0.05) is 18.2 Å². The van der Waals surface area contributed by atoms with Gasteiger partial charge in [0, 0.05) is 31.5 Å². The molecule has 1 saturated heterocycles. The quantitative estimate of drug-likeness (QED) is 0.924. The average molecular weight is 351 g/mol. The van der Waals surface area contributed by atoms with Crippen LogP contribution in [0.1, 0.15) is 35.7 Å². The summed E-state index contributed by atoms with van der Waals surface area (Å²) in [5.74, 6) is 1.13. The Morgan fingerprint density at radius 1 is 1.15 bits per heavy atom. The third-order valence-electron chi connectivity index (χ3n) is 5.67. The van der Waals surface area contributed by atoms with Crippen LogP contribution < -0.4 is 9.80 Å². The zero-order chi connectivity index (χ0) is 18.1. The summed E-state index contributed by atoms with van der Waals surface area (Å²) in [5, 5.41) is 9.82. The van der Waals surface area contributed by atoms with Crippen LogP contribution in [0.5, 0.6) is 0 Å². The van der Waals surface area contributed by atoms with Gasteiger partial charge in [0.15, 0.2) is 0 Å². The number of rotatable bonds is 3. The van der Waals surface area contributed by atoms with Gasteiger partial charge in [-0.25, -0.2) is 4.98 Å². The highest BCUT2D eigenvalue weighted by atomic mass is 16.3. The topological polar surface area (TPSA) is 56.7 Å². The van der Waals surface area contributed by atoms with Crippen LogP contribution in [0.2, 0.25) is 0 Å². The fraction of sp³-hybridized carbons (Fsp3) is 0.429. The number of hydrogen-bond donors (Lipinski definition) is 1. The Hall–Kier alpha value is -2.40. The highest BCUT2D eigenvalue weighted by Crippen LogP contribution is 2.32. The van der Waals surface area contributed by atoms with E-state index in [1.165, 1.54) is 5.56 Å². The Bertz CT molecular complexity index is 797. The van der Waals surface area contributed by atoms with E-state index in [9.17, 15) is 9.90 Å². The summed E-state index contributed by atoms with van der Waals surface area (Å²) in [6.45, 7) is 4.23. The van der Waals surface area contributed by atoms with E-state index >= 15 is 0 Å². The largest absolute Gasteiger partial charge is 0.393 e. The van der Waals surface area contributed by atoms with Crippen LogP contribution >= 0.6 is 0 Å². The summed E-state index contributed by atoms with van der Waals surface area (Å²) >= 11 is 0. The third kappa shape index (κ3) is 3.07. The van der Waals surface area contributed by atoms with Crippen LogP contribution in [0, 0.1) is 5.92 Å². The number of amides is 1. The predicted molar refractivity (Wildman–Crippen MR) is 103 cm³/mol. The Morgan fingerprint density at radius 3 is 2.69 bits per heavy atom. The summed E-state index contributed by atoms with van der Waals surface area (Å²) < 4.78 is 0. The van der Waals surface area contributed by atoms with E-state index in [2.05, 4.69) is 16.0 Å². The van der Waals surface area contributed by atoms with Crippen LogP contribution in [0.25, 0.3) is 0 Å². The number of carbonyl (C=O) groups is 1. The monoisotopic (exact) mass is 351 g/mol. The molecule has 0 saturated carbocycles. The van der Waals surface area contributed by atoms with Crippen molar-refractivity contribution in [2.24, 2.45) is 5.92 Å². The minimum atomic E-state index is -0.275. The lowest BCUT2D eigenvalue weighted by atomic mass is 9.92. The molecule has 1 N–H and O–H groups in total. The van der Waals surface area contributed by atoms with Crippen molar-refractivity contribution >= 4 is 17.4 Å². The maximum absolute atomic E-state index is 13.3. The van der Waals surface area contributed by atoms with Gasteiger partial charge in [0.05, 0.1) is 11.7 Å². The van der Waals surface area contributed by atoms with Crippen molar-refractivity contribution in [3.8, 4) is 0 Å². The molecule has 2 aromatic rings. The van der Waals surface area contributed by atoms with E-state index in [0.29, 0.717) is 11.5 Å². The summed E-state index contributed by atoms with van der Waals surface area (Å²) in [6.07, 6.45) is 4.23. The van der Waals surface area contributed by atoms with Gasteiger partial charge in [0.2, 0.25) is 0 Å². The van der Waals surface area contributed by atoms with E-state index in [4.69, 9.17) is 0 Å². The minimum Gasteiger partial charge on any atom is -0.393 e. The van der Waals surface area contributed by atoms with E-state index < -0.39 is 0 Å². The second kappa shape index (κ2) is 7.08. The maximum atomic E-state index is 13.3. The maximum Gasteiger partial charge on any atom is 0.262 e. The van der Waals surface area contributed by atoms with Crippen molar-refractivity contribution in [1.82, 2.24) is 4.98 Å². The molecule has 1 atom stereocenters. The SMILES string of the molecule is CC(O)C1CCN(c2ncccc2C(=O)N2CCc3ccccc32)CC1. The number of piperidine rings is 1. The number of aliphatic hydroxyl groups is 1. The highest BCUT2D eigenvalue weighted by molar-refractivity contribution is 6.10. The lowest BCUT2D eigenvalue weighted by Gasteiger charge is -2.35. The molecule has 1 aromatic heterocycles. The molecule has 0 bridgehead atoms. The number of nitrogens with zero attached hydrogens (tertiary/aromatic N) is 3. The van der Waals surface area contributed by atoms with Gasteiger partial charge in [0.1, 0.15) is 5.82 Å². The van der Waals surface area contributed by atoms with E-state index in [0.717, 1.165) is 50.4 Å². The van der Waals surface area contributed by atoms with Gasteiger partial charge in [-0.2, -0.15) is 0 Å². The fourth-order valence-corrected chi connectivity index (χ4v) is 4.10. The number of carbonyl (C=O) groups excluding carboxylic acids is 1. The Balaban J connectivity index is 1.58. The number of para-hydroxylation sites is 1. The van der Waals surface area contributed by atoms with E-state index in [-0.39, 0.29) is 12.0 Å².